The van der Waals surface area contributed by atoms with Crippen LogP contribution in [0.4, 0.5) is 0 Å². The minimum atomic E-state index is -1.14. The van der Waals surface area contributed by atoms with E-state index < -0.39 is 11.6 Å². The van der Waals surface area contributed by atoms with Crippen LogP contribution in [0.5, 0.6) is 0 Å². The van der Waals surface area contributed by atoms with Crippen molar-refractivity contribution in [2.75, 3.05) is 0 Å². The van der Waals surface area contributed by atoms with Crippen molar-refractivity contribution in [2.45, 2.75) is 52.1 Å². The molecule has 3 unspecified atom stereocenters. The topological polar surface area (TPSA) is 96.9 Å². The van der Waals surface area contributed by atoms with Gasteiger partial charge in [0.15, 0.2) is 0 Å². The molecule has 0 aromatic heterocycles. The van der Waals surface area contributed by atoms with Gasteiger partial charge in [-0.1, -0.05) is 20.8 Å². The maximum atomic E-state index is 10.7. The van der Waals surface area contributed by atoms with Gasteiger partial charge in [0.2, 0.25) is 0 Å². The first-order valence-corrected chi connectivity index (χ1v) is 5.65. The van der Waals surface area contributed by atoms with Gasteiger partial charge in [0, 0.05) is 17.8 Å². The summed E-state index contributed by atoms with van der Waals surface area (Å²) in [5.74, 6) is -0.686. The van der Waals surface area contributed by atoms with Crippen molar-refractivity contribution >= 4 is 5.97 Å². The molecular formula is C12H23NO3. The summed E-state index contributed by atoms with van der Waals surface area (Å²) in [5, 5.41) is 21.2. The molecule has 4 heteroatoms. The van der Waals surface area contributed by atoms with Gasteiger partial charge in [0.25, 0.3) is 0 Å². The number of hydrogen-bond donors (Lipinski definition) is 2. The van der Waals surface area contributed by atoms with Gasteiger partial charge in [-0.15, -0.1) is 0 Å². The number of carboxylic acid groups (broad SMARTS) is 1. The molecule has 16 heavy (non-hydrogen) atoms. The monoisotopic (exact) mass is 229 g/mol. The van der Waals surface area contributed by atoms with Crippen molar-refractivity contribution in [1.29, 1.82) is 0 Å². The van der Waals surface area contributed by atoms with Crippen molar-refractivity contribution in [3.05, 3.63) is 0 Å². The number of quaternary nitrogens is 1. The number of hydrogen-bond acceptors (Lipinski definition) is 3. The molecule has 2 bridgehead atoms. The first kappa shape index (κ1) is 13.5. The number of carbonyl (C=O) groups is 1. The first-order chi connectivity index (χ1) is 6.73. The van der Waals surface area contributed by atoms with Gasteiger partial charge in [-0.3, -0.25) is 0 Å². The van der Waals surface area contributed by atoms with Gasteiger partial charge in [-0.05, 0) is 30.6 Å². The van der Waals surface area contributed by atoms with Crippen LogP contribution in [-0.4, -0.2) is 16.7 Å². The molecule has 3 atom stereocenters. The summed E-state index contributed by atoms with van der Waals surface area (Å²) in [6, 6.07) is 0. The quantitative estimate of drug-likeness (QED) is 0.741. The van der Waals surface area contributed by atoms with E-state index in [2.05, 4.69) is 13.8 Å². The molecule has 0 aromatic carbocycles. The number of aliphatic hydroxyl groups is 1. The molecule has 2 rings (SSSR count). The fraction of sp³-hybridized carbons (Fsp3) is 0.917. The van der Waals surface area contributed by atoms with Gasteiger partial charge in [-0.25, -0.2) is 0 Å². The lowest BCUT2D eigenvalue weighted by Gasteiger charge is -2.45. The molecule has 4 nitrogen and oxygen atoms in total. The van der Waals surface area contributed by atoms with Crippen molar-refractivity contribution in [3.8, 4) is 0 Å². The van der Waals surface area contributed by atoms with E-state index in [-0.39, 0.29) is 23.4 Å². The van der Waals surface area contributed by atoms with Crippen LogP contribution >= 0.6 is 0 Å². The van der Waals surface area contributed by atoms with Crippen molar-refractivity contribution in [2.24, 2.45) is 16.7 Å². The van der Waals surface area contributed by atoms with Gasteiger partial charge < -0.3 is 21.2 Å². The highest BCUT2D eigenvalue weighted by molar-refractivity contribution is 5.66. The number of rotatable bonds is 2. The van der Waals surface area contributed by atoms with E-state index in [9.17, 15) is 15.0 Å². The zero-order valence-electron chi connectivity index (χ0n) is 10.7. The number of aliphatic carboxylic acids is 1. The van der Waals surface area contributed by atoms with E-state index in [0.29, 0.717) is 12.3 Å². The van der Waals surface area contributed by atoms with Crippen molar-refractivity contribution in [1.82, 2.24) is 6.15 Å². The smallest absolute Gasteiger partial charge is 0.0761 e. The Bertz CT molecular complexity index is 315. The number of carboxylic acids is 1. The van der Waals surface area contributed by atoms with Gasteiger partial charge >= 0.3 is 0 Å². The summed E-state index contributed by atoms with van der Waals surface area (Å²) in [6.07, 6.45) is 2.43. The van der Waals surface area contributed by atoms with Crippen LogP contribution in [0.3, 0.4) is 0 Å². The third-order valence-corrected chi connectivity index (χ3v) is 5.48. The predicted octanol–water partition coefficient (Wildman–Crippen LogP) is 1.08. The van der Waals surface area contributed by atoms with Crippen molar-refractivity contribution in [3.63, 3.8) is 0 Å². The largest absolute Gasteiger partial charge is 0.550 e. The zero-order valence-corrected chi connectivity index (χ0v) is 10.7. The summed E-state index contributed by atoms with van der Waals surface area (Å²) in [6.45, 7) is 6.33. The predicted molar refractivity (Wildman–Crippen MR) is 59.8 cm³/mol. The molecule has 2 fully saturated rings. The average molecular weight is 229 g/mol. The van der Waals surface area contributed by atoms with Crippen LogP contribution in [0.1, 0.15) is 46.5 Å². The first-order valence-electron chi connectivity index (χ1n) is 5.65. The van der Waals surface area contributed by atoms with Gasteiger partial charge in [0.1, 0.15) is 0 Å². The molecule has 94 valence electrons. The maximum Gasteiger partial charge on any atom is 0.0761 e. The maximum absolute atomic E-state index is 10.7. The Labute approximate surface area is 96.6 Å². The Hall–Kier alpha value is -0.610. The third kappa shape index (κ3) is 1.32. The Morgan fingerprint density at radius 1 is 1.44 bits per heavy atom. The molecule has 0 aliphatic heterocycles. The minimum Gasteiger partial charge on any atom is -0.550 e. The summed E-state index contributed by atoms with van der Waals surface area (Å²) in [7, 11) is 0. The second-order valence-corrected chi connectivity index (χ2v) is 6.07. The van der Waals surface area contributed by atoms with Gasteiger partial charge in [0.05, 0.1) is 5.60 Å². The van der Waals surface area contributed by atoms with Crippen LogP contribution in [0.25, 0.3) is 0 Å². The summed E-state index contributed by atoms with van der Waals surface area (Å²) >= 11 is 0. The Morgan fingerprint density at radius 3 is 2.31 bits per heavy atom. The third-order valence-electron chi connectivity index (χ3n) is 5.48. The summed E-state index contributed by atoms with van der Waals surface area (Å²) in [4.78, 5) is 10.7. The molecule has 0 amide bonds. The van der Waals surface area contributed by atoms with Crippen LogP contribution in [0, 0.1) is 16.7 Å². The SMILES string of the molecule is CC1(C)C2CCC1(C)C(O)(CC(=O)[O-])C2.[NH4+]. The second-order valence-electron chi connectivity index (χ2n) is 6.07. The Morgan fingerprint density at radius 2 is 2.00 bits per heavy atom. The molecule has 0 radical (unpaired) electrons. The second kappa shape index (κ2) is 3.44. The van der Waals surface area contributed by atoms with E-state index >= 15 is 0 Å². The standard InChI is InChI=1S/C12H20O3.H3N/c1-10(2)8-4-5-11(10,3)12(15,6-8)7-9(13)14;/h8,15H,4-7H2,1-3H3,(H,13,14);1H3. The lowest BCUT2D eigenvalue weighted by atomic mass is 9.63. The van der Waals surface area contributed by atoms with E-state index in [1.807, 2.05) is 6.92 Å². The van der Waals surface area contributed by atoms with Crippen LogP contribution in [0.15, 0.2) is 0 Å². The van der Waals surface area contributed by atoms with Crippen LogP contribution in [-0.2, 0) is 4.79 Å². The molecule has 0 spiro atoms. The minimum absolute atomic E-state index is 0. The van der Waals surface area contributed by atoms with E-state index in [0.717, 1.165) is 12.8 Å². The van der Waals surface area contributed by atoms with Gasteiger partial charge in [-0.2, -0.15) is 0 Å². The molecule has 2 saturated carbocycles. The van der Waals surface area contributed by atoms with Crippen LogP contribution < -0.4 is 11.3 Å². The lowest BCUT2D eigenvalue weighted by Crippen LogP contribution is -2.50. The zero-order chi connectivity index (χ0) is 11.5. The fourth-order valence-electron chi connectivity index (χ4n) is 3.92. The normalized spacial score (nSPS) is 44.1. The number of fused-ring (bicyclic) bond motifs is 2. The molecule has 0 saturated heterocycles. The number of carbonyl (C=O) groups excluding carboxylic acids is 1. The molecule has 0 aromatic rings. The molecular weight excluding hydrogens is 206 g/mol. The summed E-state index contributed by atoms with van der Waals surface area (Å²) < 4.78 is 0. The van der Waals surface area contributed by atoms with Crippen molar-refractivity contribution < 1.29 is 15.0 Å². The Kier molecular flexibility index (Phi) is 2.89. The highest BCUT2D eigenvalue weighted by Crippen LogP contribution is 2.70. The lowest BCUT2D eigenvalue weighted by molar-refractivity contribution is -0.311. The Balaban J connectivity index is 0.00000128. The van der Waals surface area contributed by atoms with E-state index in [4.69, 9.17) is 0 Å². The fourth-order valence-corrected chi connectivity index (χ4v) is 3.92. The van der Waals surface area contributed by atoms with E-state index in [1.54, 1.807) is 0 Å². The van der Waals surface area contributed by atoms with E-state index in [1.165, 1.54) is 0 Å². The molecule has 0 heterocycles. The highest BCUT2D eigenvalue weighted by Gasteiger charge is 2.67. The summed E-state index contributed by atoms with van der Waals surface area (Å²) in [5.41, 5.74) is -1.29. The molecule has 2 aliphatic carbocycles. The average Bonchev–Trinajstić information content (AvgIpc) is 2.34. The van der Waals surface area contributed by atoms with Crippen LogP contribution in [0.2, 0.25) is 0 Å². The highest BCUT2D eigenvalue weighted by atomic mass is 16.4. The molecule has 5 N–H and O–H groups in total. The molecule has 2 aliphatic rings.